The molecule has 0 saturated carbocycles. The van der Waals surface area contributed by atoms with Crippen LogP contribution in [-0.4, -0.2) is 0 Å². The van der Waals surface area contributed by atoms with E-state index in [1.807, 2.05) is 48.5 Å². The third-order valence-corrected chi connectivity index (χ3v) is 20.4. The van der Waals surface area contributed by atoms with Crippen molar-refractivity contribution in [2.24, 2.45) is 0 Å². The highest BCUT2D eigenvalue weighted by molar-refractivity contribution is 6.25. The summed E-state index contributed by atoms with van der Waals surface area (Å²) in [6.45, 7) is 0. The van der Waals surface area contributed by atoms with E-state index >= 15 is 0 Å². The maximum absolute atomic E-state index is 8.68. The second-order valence-electron chi connectivity index (χ2n) is 26.5. The first kappa shape index (κ1) is 57.3. The zero-order valence-electron chi connectivity index (χ0n) is 62.0. The number of fused-ring (bicyclic) bond motifs is 8. The van der Waals surface area contributed by atoms with Gasteiger partial charge in [0.05, 0.1) is 6.85 Å². The van der Waals surface area contributed by atoms with Gasteiger partial charge in [0.15, 0.2) is 0 Å². The summed E-state index contributed by atoms with van der Waals surface area (Å²) in [6.07, 6.45) is 0. The lowest BCUT2D eigenvalue weighted by atomic mass is 9.84. The van der Waals surface area contributed by atoms with E-state index in [4.69, 9.17) is 6.85 Å². The maximum atomic E-state index is 8.68. The smallest absolute Gasteiger partial charge is 0.0622 e. The zero-order valence-corrected chi connectivity index (χ0v) is 57.0. The summed E-state index contributed by atoms with van der Waals surface area (Å²) in [7, 11) is 0. The molecule has 0 aromatic heterocycles. The first-order valence-electron chi connectivity index (χ1n) is 38.0. The minimum absolute atomic E-state index is 0.191. The highest BCUT2D eigenvalue weighted by Crippen LogP contribution is 2.49. The zero-order chi connectivity index (χ0) is 73.5. The molecule has 20 rings (SSSR count). The van der Waals surface area contributed by atoms with Crippen molar-refractivity contribution < 1.29 is 6.85 Å². The van der Waals surface area contributed by atoms with E-state index in [1.165, 1.54) is 132 Å². The van der Waals surface area contributed by atoms with E-state index in [0.29, 0.717) is 5.56 Å². The Labute approximate surface area is 614 Å². The molecule has 0 nitrogen and oxygen atoms in total. The van der Waals surface area contributed by atoms with Crippen LogP contribution in [0.2, 0.25) is 0 Å². The van der Waals surface area contributed by atoms with Crippen molar-refractivity contribution in [3.8, 4) is 100 Å². The first-order chi connectivity index (χ1) is 53.7. The number of benzene rings is 20. The summed E-state index contributed by atoms with van der Waals surface area (Å²) >= 11 is 0. The molecule has 486 valence electrons. The van der Waals surface area contributed by atoms with Gasteiger partial charge in [0.1, 0.15) is 0 Å². The number of hydrogen-bond acceptors (Lipinski definition) is 0. The van der Waals surface area contributed by atoms with Crippen molar-refractivity contribution in [1.29, 1.82) is 0 Å². The van der Waals surface area contributed by atoms with E-state index in [0.717, 1.165) is 43.4 Å². The summed E-state index contributed by atoms with van der Waals surface area (Å²) in [5.41, 5.74) is 20.6. The molecule has 0 heterocycles. The van der Waals surface area contributed by atoms with Gasteiger partial charge < -0.3 is 0 Å². The maximum Gasteiger partial charge on any atom is 0.0629 e. The van der Waals surface area contributed by atoms with Crippen molar-refractivity contribution in [1.82, 2.24) is 0 Å². The van der Waals surface area contributed by atoms with Crippen LogP contribution >= 0.6 is 0 Å². The lowest BCUT2D eigenvalue weighted by Gasteiger charge is -2.19. The van der Waals surface area contributed by atoms with Crippen LogP contribution in [0, 0.1) is 0 Å². The summed E-state index contributed by atoms with van der Waals surface area (Å²) in [5.74, 6) is 0. The minimum atomic E-state index is -0.385. The SMILES string of the molecule is [2H]c1c([2H])c([2H])c(-c2c3ccccc3c(-c3cccc4ccccc34)c3ccccc23)c([2H])c1[2H].c1ccc(-c2c3ccccc3c(-c3cccc(-c4ccc5ccccc5c4)c3)c3ccccc23)cc1.c1ccc(-c2cc(-c3ccccc3)cc(-c3c4ccccc4c(-c4ccccc4)c4ccccc34)c2)cc1. The molecular formula is C104H70. The number of hydrogen-bond donors (Lipinski definition) is 0. The van der Waals surface area contributed by atoms with Crippen LogP contribution in [0.25, 0.3) is 186 Å². The summed E-state index contributed by atoms with van der Waals surface area (Å²) < 4.78 is 41.9. The van der Waals surface area contributed by atoms with E-state index in [-0.39, 0.29) is 35.8 Å². The Kier molecular flexibility index (Phi) is 15.4. The molecule has 0 N–H and O–H groups in total. The van der Waals surface area contributed by atoms with Gasteiger partial charge in [-0.2, -0.15) is 0 Å². The van der Waals surface area contributed by atoms with Gasteiger partial charge in [-0.15, -0.1) is 0 Å². The Balaban J connectivity index is 0.000000115. The average molecular weight is 1320 g/mol. The Hall–Kier alpha value is -13.5. The molecule has 20 aromatic rings. The second kappa shape index (κ2) is 27.9. The lowest BCUT2D eigenvalue weighted by molar-refractivity contribution is 1.58. The van der Waals surface area contributed by atoms with Crippen molar-refractivity contribution in [3.63, 3.8) is 0 Å². The lowest BCUT2D eigenvalue weighted by Crippen LogP contribution is -1.92. The molecular weight excluding hydrogens is 1250 g/mol. The molecule has 104 heavy (non-hydrogen) atoms. The molecule has 0 unspecified atom stereocenters. The van der Waals surface area contributed by atoms with Crippen LogP contribution in [0.1, 0.15) is 6.85 Å². The molecule has 0 radical (unpaired) electrons. The molecule has 0 spiro atoms. The van der Waals surface area contributed by atoms with Crippen LogP contribution < -0.4 is 0 Å². The minimum Gasteiger partial charge on any atom is -0.0622 e. The van der Waals surface area contributed by atoms with Gasteiger partial charge in [-0.25, -0.2) is 0 Å². The van der Waals surface area contributed by atoms with Crippen molar-refractivity contribution in [2.45, 2.75) is 0 Å². The molecule has 0 amide bonds. The van der Waals surface area contributed by atoms with Gasteiger partial charge in [0.25, 0.3) is 0 Å². The standard InChI is InChI=1S/C38H26.C36H24.C30H20/c1-4-14-27(15-5-1)30-24-31(28-16-6-2-7-17-28)26-32(25-30)38-35-22-12-10-20-33(35)37(29-18-8-3-9-19-29)34-21-11-13-23-36(34)38;1-2-12-26(13-3-1)35-31-17-6-8-19-33(31)36(34-20-9-7-18-32(34)35)30-16-10-15-28(24-30)29-22-21-25-11-4-5-14-27(25)23-29;1-2-12-22(13-3-1)29-25-16-6-8-18-27(25)30(28-19-9-7-17-26(28)29)24-20-10-14-21-11-4-5-15-23(21)24/h1-26H;1-24H;1-20H/i;;1D,2D,3D,12D,13D. The topological polar surface area (TPSA) is 0 Å². The summed E-state index contributed by atoms with van der Waals surface area (Å²) in [5, 5.41) is 18.7. The third kappa shape index (κ3) is 11.8. The number of rotatable bonds is 9. The Bertz CT molecular complexity index is 6630. The molecule has 0 heteroatoms. The van der Waals surface area contributed by atoms with E-state index in [1.54, 1.807) is 0 Å². The van der Waals surface area contributed by atoms with Gasteiger partial charge in [-0.3, -0.25) is 0 Å². The Morgan fingerprint density at radius 1 is 0.135 bits per heavy atom. The molecule has 0 bridgehead atoms. The van der Waals surface area contributed by atoms with E-state index in [9.17, 15) is 0 Å². The quantitative estimate of drug-likeness (QED) is 0.126. The van der Waals surface area contributed by atoms with Gasteiger partial charge in [0.2, 0.25) is 0 Å². The van der Waals surface area contributed by atoms with Crippen LogP contribution in [0.3, 0.4) is 0 Å². The molecule has 0 aliphatic rings. The summed E-state index contributed by atoms with van der Waals surface area (Å²) in [6, 6.07) is 139. The fraction of sp³-hybridized carbons (Fsp3) is 0. The highest BCUT2D eigenvalue weighted by atomic mass is 14.2. The average Bonchev–Trinajstić information content (AvgIpc) is 0.734. The van der Waals surface area contributed by atoms with Crippen LogP contribution in [-0.2, 0) is 0 Å². The first-order valence-corrected chi connectivity index (χ1v) is 35.5. The van der Waals surface area contributed by atoms with Crippen LogP contribution in [0.15, 0.2) is 425 Å². The van der Waals surface area contributed by atoms with Crippen molar-refractivity contribution in [2.75, 3.05) is 0 Å². The second-order valence-corrected chi connectivity index (χ2v) is 26.5. The van der Waals surface area contributed by atoms with Gasteiger partial charge in [-0.05, 0) is 217 Å². The molecule has 0 atom stereocenters. The molecule has 0 aliphatic heterocycles. The van der Waals surface area contributed by atoms with E-state index in [2.05, 4.69) is 346 Å². The highest BCUT2D eigenvalue weighted by Gasteiger charge is 2.22. The van der Waals surface area contributed by atoms with E-state index < -0.39 is 0 Å². The molecule has 0 saturated heterocycles. The van der Waals surface area contributed by atoms with Gasteiger partial charge in [0, 0.05) is 0 Å². The van der Waals surface area contributed by atoms with Gasteiger partial charge >= 0.3 is 0 Å². The fourth-order valence-electron chi connectivity index (χ4n) is 15.8. The van der Waals surface area contributed by atoms with Crippen molar-refractivity contribution >= 4 is 86.2 Å². The monoisotopic (exact) mass is 1320 g/mol. The van der Waals surface area contributed by atoms with Crippen LogP contribution in [0.5, 0.6) is 0 Å². The normalized spacial score (nSPS) is 11.9. The largest absolute Gasteiger partial charge is 0.0629 e. The fourth-order valence-corrected chi connectivity index (χ4v) is 15.8. The van der Waals surface area contributed by atoms with Crippen molar-refractivity contribution in [3.05, 3.63) is 425 Å². The third-order valence-electron chi connectivity index (χ3n) is 20.4. The summed E-state index contributed by atoms with van der Waals surface area (Å²) in [4.78, 5) is 0. The molecule has 0 fully saturated rings. The predicted molar refractivity (Wildman–Crippen MR) is 448 cm³/mol. The predicted octanol–water partition coefficient (Wildman–Crippen LogP) is 29.3. The molecule has 20 aromatic carbocycles. The van der Waals surface area contributed by atoms with Crippen LogP contribution in [0.4, 0.5) is 0 Å². The Morgan fingerprint density at radius 2 is 0.413 bits per heavy atom. The van der Waals surface area contributed by atoms with Gasteiger partial charge in [-0.1, -0.05) is 394 Å². The molecule has 0 aliphatic carbocycles. The Morgan fingerprint density at radius 3 is 0.856 bits per heavy atom.